The van der Waals surface area contributed by atoms with Gasteiger partial charge in [0.25, 0.3) is 0 Å². The second-order valence-corrected chi connectivity index (χ2v) is 16.3. The average molecular weight is 820 g/mol. The fourth-order valence-electron chi connectivity index (χ4n) is 7.11. The number of thioether (sulfide) groups is 1. The molecule has 294 valence electrons. The first-order chi connectivity index (χ1) is 28.0. The van der Waals surface area contributed by atoms with Gasteiger partial charge < -0.3 is 23.7 Å². The van der Waals surface area contributed by atoms with Crippen molar-refractivity contribution in [2.45, 2.75) is 68.6 Å². The molecule has 1 aliphatic rings. The first-order valence-corrected chi connectivity index (χ1v) is 21.2. The lowest BCUT2D eigenvalue weighted by Crippen LogP contribution is -2.54. The molecule has 0 saturated carbocycles. The summed E-state index contributed by atoms with van der Waals surface area (Å²) in [5.41, 5.74) is 7.51. The van der Waals surface area contributed by atoms with Crippen LogP contribution in [0.4, 0.5) is 0 Å². The minimum atomic E-state index is -0.446. The highest BCUT2D eigenvalue weighted by Gasteiger charge is 2.48. The Morgan fingerprint density at radius 2 is 1.04 bits per heavy atom. The van der Waals surface area contributed by atoms with Crippen molar-refractivity contribution < 1.29 is 23.7 Å². The van der Waals surface area contributed by atoms with E-state index in [1.54, 1.807) is 0 Å². The Labute approximate surface area is 351 Å². The Hall–Kier alpha value is -4.11. The molecular formula is C49H48Cl2O5S. The minimum absolute atomic E-state index is 0.0937. The van der Waals surface area contributed by atoms with Gasteiger partial charge in [-0.1, -0.05) is 163 Å². The minimum Gasteiger partial charge on any atom is -0.492 e. The molecule has 6 aromatic rings. The number of ether oxygens (including phenoxy) is 5. The lowest BCUT2D eigenvalue weighted by atomic mass is 9.94. The van der Waals surface area contributed by atoms with Crippen LogP contribution in [0.3, 0.4) is 0 Å². The first kappa shape index (κ1) is 41.1. The van der Waals surface area contributed by atoms with E-state index in [-0.39, 0.29) is 22.7 Å². The summed E-state index contributed by atoms with van der Waals surface area (Å²) >= 11 is 15.4. The molecule has 5 nitrogen and oxygen atoms in total. The van der Waals surface area contributed by atoms with Gasteiger partial charge in [-0.25, -0.2) is 0 Å². The third-order valence-electron chi connectivity index (χ3n) is 9.97. The molecule has 57 heavy (non-hydrogen) atoms. The molecule has 0 unspecified atom stereocenters. The lowest BCUT2D eigenvalue weighted by Gasteiger charge is -2.46. The summed E-state index contributed by atoms with van der Waals surface area (Å²) in [6, 6.07) is 53.4. The van der Waals surface area contributed by atoms with Crippen LogP contribution in [-0.2, 0) is 51.8 Å². The van der Waals surface area contributed by atoms with Crippen LogP contribution in [0.25, 0.3) is 0 Å². The molecule has 5 atom stereocenters. The van der Waals surface area contributed by atoms with Crippen molar-refractivity contribution in [3.05, 3.63) is 207 Å². The van der Waals surface area contributed by atoms with Gasteiger partial charge in [0, 0.05) is 5.02 Å². The molecule has 8 heteroatoms. The molecule has 0 radical (unpaired) electrons. The van der Waals surface area contributed by atoms with Gasteiger partial charge in [0.2, 0.25) is 0 Å². The molecule has 0 aromatic heterocycles. The van der Waals surface area contributed by atoms with Crippen molar-refractivity contribution in [2.24, 2.45) is 0 Å². The standard InChI is InChI=1S/C49H48Cl2O5S/c1-2-53-44-26-23-39(28-43(44)51)27-41-29-40(24-25-42(41)50)49-48(56-33-38-21-13-6-14-22-38)47(55-32-37-19-11-5-12-20-37)46(54-31-36-17-9-4-10-18-36)45(57-49)34-52-30-35-15-7-3-8-16-35/h3-26,28-29,45-49H,2,27,30-34H2,1H3/t45-,46-,47+,48-,49+/m1/s1. The molecule has 7 rings (SSSR count). The summed E-state index contributed by atoms with van der Waals surface area (Å²) in [6.07, 6.45) is -0.590. The number of benzene rings is 6. The maximum Gasteiger partial charge on any atom is 0.137 e. The lowest BCUT2D eigenvalue weighted by molar-refractivity contribution is -0.160. The summed E-state index contributed by atoms with van der Waals surface area (Å²) in [4.78, 5) is 0. The predicted octanol–water partition coefficient (Wildman–Crippen LogP) is 12.1. The molecule has 1 heterocycles. The van der Waals surface area contributed by atoms with E-state index in [0.29, 0.717) is 61.9 Å². The summed E-state index contributed by atoms with van der Waals surface area (Å²) in [6.45, 7) is 4.69. The molecule has 0 aliphatic carbocycles. The van der Waals surface area contributed by atoms with Crippen molar-refractivity contribution >= 4 is 35.0 Å². The van der Waals surface area contributed by atoms with E-state index in [9.17, 15) is 0 Å². The van der Waals surface area contributed by atoms with Gasteiger partial charge in [0.1, 0.15) is 24.1 Å². The first-order valence-electron chi connectivity index (χ1n) is 19.5. The van der Waals surface area contributed by atoms with Crippen LogP contribution in [0.5, 0.6) is 5.75 Å². The largest absolute Gasteiger partial charge is 0.492 e. The number of halogens is 2. The summed E-state index contributed by atoms with van der Waals surface area (Å²) in [5, 5.41) is 1.03. The Morgan fingerprint density at radius 1 is 0.509 bits per heavy atom. The Kier molecular flexibility index (Phi) is 15.2. The van der Waals surface area contributed by atoms with Gasteiger partial charge in [-0.3, -0.25) is 0 Å². The molecule has 1 fully saturated rings. The van der Waals surface area contributed by atoms with E-state index in [4.69, 9.17) is 46.9 Å². The van der Waals surface area contributed by atoms with Crippen molar-refractivity contribution in [3.8, 4) is 5.75 Å². The Balaban J connectivity index is 1.26. The van der Waals surface area contributed by atoms with Crippen LogP contribution in [0.1, 0.15) is 51.1 Å². The zero-order valence-corrected chi connectivity index (χ0v) is 34.4. The van der Waals surface area contributed by atoms with E-state index >= 15 is 0 Å². The second-order valence-electron chi connectivity index (χ2n) is 14.1. The smallest absolute Gasteiger partial charge is 0.137 e. The fourth-order valence-corrected chi connectivity index (χ4v) is 9.19. The molecule has 0 spiro atoms. The van der Waals surface area contributed by atoms with Gasteiger partial charge in [-0.05, 0) is 70.5 Å². The van der Waals surface area contributed by atoms with E-state index < -0.39 is 6.10 Å². The molecule has 0 bridgehead atoms. The van der Waals surface area contributed by atoms with Gasteiger partial charge in [0.05, 0.1) is 55.2 Å². The normalized spacial score (nSPS) is 19.3. The van der Waals surface area contributed by atoms with E-state index in [1.165, 1.54) is 0 Å². The highest BCUT2D eigenvalue weighted by molar-refractivity contribution is 8.00. The fraction of sp³-hybridized carbons (Fsp3) is 0.265. The van der Waals surface area contributed by atoms with Gasteiger partial charge in [-0.15, -0.1) is 11.8 Å². The molecule has 1 aliphatic heterocycles. The van der Waals surface area contributed by atoms with Crippen LogP contribution in [0, 0.1) is 0 Å². The van der Waals surface area contributed by atoms with Crippen LogP contribution in [-0.4, -0.2) is 36.8 Å². The summed E-state index contributed by atoms with van der Waals surface area (Å²) in [7, 11) is 0. The quantitative estimate of drug-likeness (QED) is 0.0861. The molecule has 0 N–H and O–H groups in total. The average Bonchev–Trinajstić information content (AvgIpc) is 3.25. The third-order valence-corrected chi connectivity index (χ3v) is 12.2. The topological polar surface area (TPSA) is 46.2 Å². The number of hydrogen-bond donors (Lipinski definition) is 0. The van der Waals surface area contributed by atoms with Gasteiger partial charge in [-0.2, -0.15) is 0 Å². The summed E-state index contributed by atoms with van der Waals surface area (Å²) < 4.78 is 33.3. The second kappa shape index (κ2) is 21.1. The van der Waals surface area contributed by atoms with Crippen molar-refractivity contribution in [1.82, 2.24) is 0 Å². The van der Waals surface area contributed by atoms with Crippen LogP contribution in [0.2, 0.25) is 10.0 Å². The third kappa shape index (κ3) is 11.5. The van der Waals surface area contributed by atoms with E-state index in [0.717, 1.165) is 38.9 Å². The highest BCUT2D eigenvalue weighted by atomic mass is 35.5. The zero-order chi connectivity index (χ0) is 39.2. The van der Waals surface area contributed by atoms with E-state index in [1.807, 2.05) is 116 Å². The maximum atomic E-state index is 7.05. The molecule has 6 aromatic carbocycles. The van der Waals surface area contributed by atoms with Crippen LogP contribution < -0.4 is 4.74 Å². The summed E-state index contributed by atoms with van der Waals surface area (Å²) in [5.74, 6) is 0.672. The predicted molar refractivity (Wildman–Crippen MR) is 232 cm³/mol. The van der Waals surface area contributed by atoms with Crippen molar-refractivity contribution in [2.75, 3.05) is 13.2 Å². The number of rotatable bonds is 18. The highest BCUT2D eigenvalue weighted by Crippen LogP contribution is 2.48. The van der Waals surface area contributed by atoms with Gasteiger partial charge in [0.15, 0.2) is 0 Å². The molecule has 0 amide bonds. The Morgan fingerprint density at radius 3 is 1.58 bits per heavy atom. The Bertz CT molecular complexity index is 2110. The van der Waals surface area contributed by atoms with Crippen LogP contribution in [0.15, 0.2) is 158 Å². The van der Waals surface area contributed by atoms with E-state index in [2.05, 4.69) is 60.7 Å². The molecule has 1 saturated heterocycles. The van der Waals surface area contributed by atoms with Crippen molar-refractivity contribution in [3.63, 3.8) is 0 Å². The SMILES string of the molecule is CCOc1ccc(Cc2cc([C@@H]3S[C@H](COCc4ccccc4)[C@@H](OCc4ccccc4)[C@H](OCc4ccccc4)[C@H]3OCc3ccccc3)ccc2Cl)cc1Cl. The van der Waals surface area contributed by atoms with Crippen molar-refractivity contribution in [1.29, 1.82) is 0 Å². The number of hydrogen-bond acceptors (Lipinski definition) is 6. The van der Waals surface area contributed by atoms with Gasteiger partial charge >= 0.3 is 0 Å². The monoisotopic (exact) mass is 818 g/mol. The van der Waals surface area contributed by atoms with Crippen LogP contribution >= 0.6 is 35.0 Å². The maximum absolute atomic E-state index is 7.05. The molecular weight excluding hydrogens is 772 g/mol. The zero-order valence-electron chi connectivity index (χ0n) is 32.1.